The van der Waals surface area contributed by atoms with Gasteiger partial charge in [0.05, 0.1) is 14.6 Å². The predicted molar refractivity (Wildman–Crippen MR) is 39.3 cm³/mol. The summed E-state index contributed by atoms with van der Waals surface area (Å²) in [6.07, 6.45) is 4.42. The average molecular weight is 156 g/mol. The van der Waals surface area contributed by atoms with Gasteiger partial charge in [-0.15, -0.1) is 0 Å². The fourth-order valence-electron chi connectivity index (χ4n) is 0.578. The van der Waals surface area contributed by atoms with Crippen molar-refractivity contribution in [3.63, 3.8) is 0 Å². The molecule has 0 fully saturated rings. The van der Waals surface area contributed by atoms with E-state index >= 15 is 0 Å². The molecule has 1 aromatic heterocycles. The van der Waals surface area contributed by atoms with Crippen LogP contribution in [0.3, 0.4) is 0 Å². The van der Waals surface area contributed by atoms with E-state index in [1.54, 1.807) is 18.3 Å². The van der Waals surface area contributed by atoms with Crippen molar-refractivity contribution >= 4 is 9.73 Å². The quantitative estimate of drug-likeness (QED) is 0.662. The second kappa shape index (κ2) is 2.38. The van der Waals surface area contributed by atoms with Crippen LogP contribution < -0.4 is 0 Å². The highest BCUT2D eigenvalue weighted by molar-refractivity contribution is 7.91. The summed E-state index contributed by atoms with van der Waals surface area (Å²) in [5.74, 6) is 0. The summed E-state index contributed by atoms with van der Waals surface area (Å²) < 4.78 is 18.2. The van der Waals surface area contributed by atoms with Crippen LogP contribution in [0.15, 0.2) is 29.4 Å². The minimum absolute atomic E-state index is 0.481. The number of rotatable bonds is 1. The van der Waals surface area contributed by atoms with E-state index in [1.165, 1.54) is 12.5 Å². The van der Waals surface area contributed by atoms with Crippen LogP contribution >= 0.6 is 0 Å². The second-order valence-electron chi connectivity index (χ2n) is 2.03. The highest BCUT2D eigenvalue weighted by Gasteiger charge is 1.99. The van der Waals surface area contributed by atoms with Gasteiger partial charge in [-0.2, -0.15) is 0 Å². The smallest absolute Gasteiger partial charge is 0.0712 e. The number of hydrogen-bond donors (Lipinski definition) is 1. The Balaban J connectivity index is 3.22. The Morgan fingerprint density at radius 3 is 2.70 bits per heavy atom. The van der Waals surface area contributed by atoms with Crippen molar-refractivity contribution in [3.8, 4) is 0 Å². The molecule has 0 spiro atoms. The topological polar surface area (TPSA) is 53.8 Å². The van der Waals surface area contributed by atoms with Gasteiger partial charge in [-0.05, 0) is 12.1 Å². The summed E-state index contributed by atoms with van der Waals surface area (Å²) in [7, 11) is -2.57. The van der Waals surface area contributed by atoms with E-state index in [0.29, 0.717) is 4.90 Å². The summed E-state index contributed by atoms with van der Waals surface area (Å²) in [4.78, 5) is 4.23. The normalized spacial score (nSPS) is 16.1. The van der Waals surface area contributed by atoms with Crippen LogP contribution in [0.25, 0.3) is 0 Å². The van der Waals surface area contributed by atoms with Crippen LogP contribution in [-0.4, -0.2) is 15.4 Å². The maximum Gasteiger partial charge on any atom is 0.0712 e. The van der Waals surface area contributed by atoms with Crippen molar-refractivity contribution < 1.29 is 4.21 Å². The molecule has 1 N–H and O–H groups in total. The zero-order valence-electron chi connectivity index (χ0n) is 5.57. The number of aromatic nitrogens is 1. The fourth-order valence-corrected chi connectivity index (χ4v) is 1.18. The fraction of sp³-hybridized carbons (Fsp3) is 0.167. The molecule has 0 aromatic carbocycles. The summed E-state index contributed by atoms with van der Waals surface area (Å²) >= 11 is 0. The lowest BCUT2D eigenvalue weighted by Crippen LogP contribution is -1.94. The molecule has 1 rings (SSSR count). The Bertz CT molecular complexity index is 304. The number of nitrogens with one attached hydrogen (secondary N) is 1. The standard InChI is InChI=1S/C6H8N2OS/c1-10(7,9)6-3-2-4-8-5-6/h2-5,7H,1H3. The van der Waals surface area contributed by atoms with Crippen LogP contribution in [0.1, 0.15) is 0 Å². The van der Waals surface area contributed by atoms with Crippen molar-refractivity contribution in [3.05, 3.63) is 24.5 Å². The maximum absolute atomic E-state index is 11.0. The van der Waals surface area contributed by atoms with Gasteiger partial charge in [0, 0.05) is 18.6 Å². The van der Waals surface area contributed by atoms with E-state index in [0.717, 1.165) is 0 Å². The lowest BCUT2D eigenvalue weighted by atomic mass is 10.5. The number of hydrogen-bond acceptors (Lipinski definition) is 3. The van der Waals surface area contributed by atoms with Crippen molar-refractivity contribution in [2.45, 2.75) is 4.90 Å². The molecule has 0 bridgehead atoms. The molecule has 0 saturated carbocycles. The molecular formula is C6H8N2OS. The van der Waals surface area contributed by atoms with Crippen molar-refractivity contribution in [1.29, 1.82) is 4.78 Å². The monoisotopic (exact) mass is 156 g/mol. The van der Waals surface area contributed by atoms with Crippen LogP contribution in [-0.2, 0) is 9.73 Å². The third kappa shape index (κ3) is 1.54. The highest BCUT2D eigenvalue weighted by atomic mass is 32.2. The molecule has 0 aliphatic rings. The first-order valence-electron chi connectivity index (χ1n) is 2.74. The second-order valence-corrected chi connectivity index (χ2v) is 4.19. The lowest BCUT2D eigenvalue weighted by Gasteiger charge is -1.96. The lowest BCUT2D eigenvalue weighted by molar-refractivity contribution is 0.678. The molecule has 1 aromatic rings. The highest BCUT2D eigenvalue weighted by Crippen LogP contribution is 2.04. The summed E-state index contributed by atoms with van der Waals surface area (Å²) in [6, 6.07) is 3.31. The van der Waals surface area contributed by atoms with Gasteiger partial charge in [0.1, 0.15) is 0 Å². The molecule has 1 heterocycles. The van der Waals surface area contributed by atoms with E-state index < -0.39 is 9.73 Å². The number of nitrogens with zero attached hydrogens (tertiary/aromatic N) is 1. The molecule has 1 atom stereocenters. The van der Waals surface area contributed by atoms with E-state index in [1.807, 2.05) is 0 Å². The molecule has 0 saturated heterocycles. The SMILES string of the molecule is CS(=N)(=O)c1cccnc1. The summed E-state index contributed by atoms with van der Waals surface area (Å²) in [5.41, 5.74) is 0. The summed E-state index contributed by atoms with van der Waals surface area (Å²) in [6.45, 7) is 0. The maximum atomic E-state index is 11.0. The van der Waals surface area contributed by atoms with Crippen molar-refractivity contribution in [2.24, 2.45) is 0 Å². The zero-order chi connectivity index (χ0) is 7.61. The van der Waals surface area contributed by atoms with Gasteiger partial charge in [-0.3, -0.25) is 4.98 Å². The third-order valence-corrected chi connectivity index (χ3v) is 2.23. The van der Waals surface area contributed by atoms with Gasteiger partial charge >= 0.3 is 0 Å². The van der Waals surface area contributed by atoms with Crippen LogP contribution in [0.4, 0.5) is 0 Å². The first-order valence-corrected chi connectivity index (χ1v) is 4.71. The minimum Gasteiger partial charge on any atom is -0.263 e. The average Bonchev–Trinajstić information content (AvgIpc) is 1.88. The Morgan fingerprint density at radius 2 is 2.40 bits per heavy atom. The molecule has 0 aliphatic carbocycles. The van der Waals surface area contributed by atoms with Gasteiger partial charge in [0.25, 0.3) is 0 Å². The number of pyridine rings is 1. The van der Waals surface area contributed by atoms with Gasteiger partial charge in [-0.1, -0.05) is 0 Å². The van der Waals surface area contributed by atoms with Gasteiger partial charge in [0.2, 0.25) is 0 Å². The largest absolute Gasteiger partial charge is 0.263 e. The zero-order valence-corrected chi connectivity index (χ0v) is 6.39. The first-order chi connectivity index (χ1) is 4.61. The summed E-state index contributed by atoms with van der Waals surface area (Å²) in [5, 5.41) is 0. The van der Waals surface area contributed by atoms with Gasteiger partial charge < -0.3 is 0 Å². The van der Waals surface area contributed by atoms with Gasteiger partial charge in [0.15, 0.2) is 0 Å². The molecule has 54 valence electrons. The Hall–Kier alpha value is -0.900. The first kappa shape index (κ1) is 7.21. The molecule has 10 heavy (non-hydrogen) atoms. The third-order valence-electron chi connectivity index (χ3n) is 1.08. The van der Waals surface area contributed by atoms with Gasteiger partial charge in [-0.25, -0.2) is 8.99 Å². The molecular weight excluding hydrogens is 148 g/mol. The Morgan fingerprint density at radius 1 is 1.70 bits per heavy atom. The molecule has 0 radical (unpaired) electrons. The van der Waals surface area contributed by atoms with E-state index in [4.69, 9.17) is 4.78 Å². The predicted octanol–water partition coefficient (Wildman–Crippen LogP) is 1.12. The van der Waals surface area contributed by atoms with E-state index in [-0.39, 0.29) is 0 Å². The van der Waals surface area contributed by atoms with E-state index in [9.17, 15) is 4.21 Å². The molecule has 3 nitrogen and oxygen atoms in total. The Kier molecular flexibility index (Phi) is 1.72. The minimum atomic E-state index is -2.57. The molecule has 4 heteroatoms. The van der Waals surface area contributed by atoms with Crippen LogP contribution in [0.2, 0.25) is 0 Å². The van der Waals surface area contributed by atoms with Crippen LogP contribution in [0.5, 0.6) is 0 Å². The molecule has 1 unspecified atom stereocenters. The van der Waals surface area contributed by atoms with Crippen molar-refractivity contribution in [1.82, 2.24) is 4.98 Å². The van der Waals surface area contributed by atoms with Crippen LogP contribution in [0, 0.1) is 4.78 Å². The Labute approximate surface area is 60.1 Å². The molecule has 0 aliphatic heterocycles. The van der Waals surface area contributed by atoms with E-state index in [2.05, 4.69) is 4.98 Å². The van der Waals surface area contributed by atoms with Crippen molar-refractivity contribution in [2.75, 3.05) is 6.26 Å². The molecule has 0 amide bonds.